The molecule has 0 aromatic rings. The van der Waals surface area contributed by atoms with Crippen LogP contribution in [0, 0.1) is 5.92 Å². The van der Waals surface area contributed by atoms with Crippen molar-refractivity contribution in [3.8, 4) is 0 Å². The van der Waals surface area contributed by atoms with Crippen molar-refractivity contribution in [2.45, 2.75) is 32.2 Å². The fourth-order valence-electron chi connectivity index (χ4n) is 2.25. The Morgan fingerprint density at radius 3 is 2.80 bits per heavy atom. The number of alkyl halides is 1. The number of nitrogens with zero attached hydrogens (tertiary/aromatic N) is 1. The molecule has 0 aromatic heterocycles. The van der Waals surface area contributed by atoms with Gasteiger partial charge in [-0.3, -0.25) is 4.79 Å². The first-order chi connectivity index (χ1) is 6.95. The molecule has 1 rings (SSSR count). The molecule has 0 saturated carbocycles. The van der Waals surface area contributed by atoms with Gasteiger partial charge in [-0.05, 0) is 46.2 Å². The molecule has 1 amide bonds. The number of hydrogen-bond acceptors (Lipinski definition) is 2. The van der Waals surface area contributed by atoms with E-state index >= 15 is 0 Å². The second-order valence-electron chi connectivity index (χ2n) is 5.00. The van der Waals surface area contributed by atoms with Crippen molar-refractivity contribution in [2.24, 2.45) is 5.92 Å². The van der Waals surface area contributed by atoms with Gasteiger partial charge in [-0.1, -0.05) is 0 Å². The quantitative estimate of drug-likeness (QED) is 0.748. The van der Waals surface area contributed by atoms with E-state index in [0.717, 1.165) is 13.1 Å². The third-order valence-corrected chi connectivity index (χ3v) is 3.47. The molecule has 0 aromatic carbocycles. The van der Waals surface area contributed by atoms with Gasteiger partial charge in [-0.15, -0.1) is 11.6 Å². The fraction of sp³-hybridized carbons (Fsp3) is 0.909. The highest BCUT2D eigenvalue weighted by Crippen LogP contribution is 2.26. The largest absolute Gasteiger partial charge is 0.350 e. The summed E-state index contributed by atoms with van der Waals surface area (Å²) in [5.74, 6) is 0.490. The first-order valence-corrected chi connectivity index (χ1v) is 6.04. The summed E-state index contributed by atoms with van der Waals surface area (Å²) in [7, 11) is 2.13. The van der Waals surface area contributed by atoms with Crippen LogP contribution >= 0.6 is 11.6 Å². The predicted molar refractivity (Wildman–Crippen MR) is 63.2 cm³/mol. The Bertz CT molecular complexity index is 231. The van der Waals surface area contributed by atoms with Gasteiger partial charge in [0.1, 0.15) is 5.88 Å². The highest BCUT2D eigenvalue weighted by Gasteiger charge is 2.33. The number of amides is 1. The second-order valence-corrected chi connectivity index (χ2v) is 5.27. The minimum Gasteiger partial charge on any atom is -0.350 e. The van der Waals surface area contributed by atoms with Crippen molar-refractivity contribution in [1.29, 1.82) is 0 Å². The van der Waals surface area contributed by atoms with Crippen LogP contribution in [0.3, 0.4) is 0 Å². The average molecular weight is 233 g/mol. The number of rotatable bonds is 3. The molecule has 3 nitrogen and oxygen atoms in total. The molecule has 15 heavy (non-hydrogen) atoms. The van der Waals surface area contributed by atoms with Crippen LogP contribution in [0.25, 0.3) is 0 Å². The SMILES string of the molecule is CN1CCCC(C(C)(C)NC(=O)CCl)C1. The van der Waals surface area contributed by atoms with Crippen LogP contribution in [0.5, 0.6) is 0 Å². The molecule has 0 radical (unpaired) electrons. The maximum absolute atomic E-state index is 11.3. The van der Waals surface area contributed by atoms with E-state index in [1.54, 1.807) is 0 Å². The number of piperidine rings is 1. The van der Waals surface area contributed by atoms with Crippen molar-refractivity contribution in [3.63, 3.8) is 0 Å². The van der Waals surface area contributed by atoms with Crippen LogP contribution in [0.2, 0.25) is 0 Å². The average Bonchev–Trinajstić information content (AvgIpc) is 2.17. The predicted octanol–water partition coefficient (Wildman–Crippen LogP) is 1.46. The summed E-state index contributed by atoms with van der Waals surface area (Å²) in [5, 5.41) is 3.00. The maximum atomic E-state index is 11.3. The number of nitrogens with one attached hydrogen (secondary N) is 1. The molecule has 0 spiro atoms. The molecule has 4 heteroatoms. The van der Waals surface area contributed by atoms with Crippen molar-refractivity contribution >= 4 is 17.5 Å². The molecule has 0 bridgehead atoms. The number of likely N-dealkylation sites (tertiary alicyclic amines) is 1. The van der Waals surface area contributed by atoms with Crippen LogP contribution < -0.4 is 5.32 Å². The molecule has 1 unspecified atom stereocenters. The van der Waals surface area contributed by atoms with Gasteiger partial charge in [-0.2, -0.15) is 0 Å². The Morgan fingerprint density at radius 2 is 2.27 bits per heavy atom. The van der Waals surface area contributed by atoms with Crippen LogP contribution in [-0.2, 0) is 4.79 Å². The van der Waals surface area contributed by atoms with Gasteiger partial charge in [0.25, 0.3) is 0 Å². The van der Waals surface area contributed by atoms with E-state index in [0.29, 0.717) is 5.92 Å². The molecule has 1 saturated heterocycles. The first kappa shape index (κ1) is 12.8. The monoisotopic (exact) mass is 232 g/mol. The number of carbonyl (C=O) groups is 1. The summed E-state index contributed by atoms with van der Waals surface area (Å²) in [4.78, 5) is 13.6. The molecule has 1 atom stereocenters. The zero-order valence-electron chi connectivity index (χ0n) is 9.85. The van der Waals surface area contributed by atoms with Gasteiger partial charge in [0, 0.05) is 12.1 Å². The van der Waals surface area contributed by atoms with E-state index in [-0.39, 0.29) is 17.3 Å². The molecule has 1 fully saturated rings. The Labute approximate surface area is 97.2 Å². The zero-order valence-corrected chi connectivity index (χ0v) is 10.6. The molecule has 0 aliphatic carbocycles. The minimum absolute atomic E-state index is 0.0476. The van der Waals surface area contributed by atoms with Gasteiger partial charge < -0.3 is 10.2 Å². The third-order valence-electron chi connectivity index (χ3n) is 3.23. The van der Waals surface area contributed by atoms with Gasteiger partial charge in [0.05, 0.1) is 0 Å². The van der Waals surface area contributed by atoms with Crippen molar-refractivity contribution in [3.05, 3.63) is 0 Å². The zero-order chi connectivity index (χ0) is 11.5. The van der Waals surface area contributed by atoms with Gasteiger partial charge >= 0.3 is 0 Å². The lowest BCUT2D eigenvalue weighted by Crippen LogP contribution is -2.54. The van der Waals surface area contributed by atoms with Gasteiger partial charge in [-0.25, -0.2) is 0 Å². The normalized spacial score (nSPS) is 23.9. The van der Waals surface area contributed by atoms with Crippen molar-refractivity contribution in [2.75, 3.05) is 26.0 Å². The summed E-state index contributed by atoms with van der Waals surface area (Å²) < 4.78 is 0. The van der Waals surface area contributed by atoms with E-state index in [1.807, 2.05) is 0 Å². The summed E-state index contributed by atoms with van der Waals surface area (Å²) >= 11 is 5.50. The molecule has 88 valence electrons. The Balaban J connectivity index is 2.55. The topological polar surface area (TPSA) is 32.3 Å². The lowest BCUT2D eigenvalue weighted by atomic mass is 9.81. The summed E-state index contributed by atoms with van der Waals surface area (Å²) in [6.07, 6.45) is 2.39. The number of hydrogen-bond donors (Lipinski definition) is 1. The lowest BCUT2D eigenvalue weighted by molar-refractivity contribution is -0.121. The van der Waals surface area contributed by atoms with Crippen LogP contribution in [0.15, 0.2) is 0 Å². The molecule has 1 N–H and O–H groups in total. The van der Waals surface area contributed by atoms with E-state index in [4.69, 9.17) is 11.6 Å². The van der Waals surface area contributed by atoms with Gasteiger partial charge in [0.2, 0.25) is 5.91 Å². The van der Waals surface area contributed by atoms with E-state index in [9.17, 15) is 4.79 Å². The molecular weight excluding hydrogens is 212 g/mol. The second kappa shape index (κ2) is 5.17. The summed E-state index contributed by atoms with van der Waals surface area (Å²) in [6.45, 7) is 6.38. The Hall–Kier alpha value is -0.280. The molecule has 1 aliphatic rings. The van der Waals surface area contributed by atoms with Crippen LogP contribution in [-0.4, -0.2) is 42.4 Å². The molecule has 1 heterocycles. The lowest BCUT2D eigenvalue weighted by Gasteiger charge is -2.40. The highest BCUT2D eigenvalue weighted by molar-refractivity contribution is 6.27. The van der Waals surface area contributed by atoms with Crippen molar-refractivity contribution < 1.29 is 4.79 Å². The minimum atomic E-state index is -0.152. The third kappa shape index (κ3) is 3.65. The molecule has 1 aliphatic heterocycles. The highest BCUT2D eigenvalue weighted by atomic mass is 35.5. The van der Waals surface area contributed by atoms with Crippen LogP contribution in [0.1, 0.15) is 26.7 Å². The number of halogens is 1. The first-order valence-electron chi connectivity index (χ1n) is 5.51. The Morgan fingerprint density at radius 1 is 1.60 bits per heavy atom. The standard InChI is InChI=1S/C11H21ClN2O/c1-11(2,13-10(15)7-12)9-5-4-6-14(3)8-9/h9H,4-8H2,1-3H3,(H,13,15). The maximum Gasteiger partial charge on any atom is 0.235 e. The van der Waals surface area contributed by atoms with Crippen LogP contribution in [0.4, 0.5) is 0 Å². The Kier molecular flexibility index (Phi) is 4.41. The summed E-state index contributed by atoms with van der Waals surface area (Å²) in [6, 6.07) is 0. The van der Waals surface area contributed by atoms with E-state index in [2.05, 4.69) is 31.1 Å². The fourth-order valence-corrected chi connectivity index (χ4v) is 2.32. The smallest absolute Gasteiger partial charge is 0.235 e. The number of carbonyl (C=O) groups excluding carboxylic acids is 1. The van der Waals surface area contributed by atoms with E-state index < -0.39 is 0 Å². The van der Waals surface area contributed by atoms with E-state index in [1.165, 1.54) is 12.8 Å². The van der Waals surface area contributed by atoms with Crippen molar-refractivity contribution in [1.82, 2.24) is 10.2 Å². The molecular formula is C11H21ClN2O. The summed E-state index contributed by atoms with van der Waals surface area (Å²) in [5.41, 5.74) is -0.152. The van der Waals surface area contributed by atoms with Gasteiger partial charge in [0.15, 0.2) is 0 Å².